The van der Waals surface area contributed by atoms with Crippen molar-refractivity contribution in [3.05, 3.63) is 65.0 Å². The summed E-state index contributed by atoms with van der Waals surface area (Å²) < 4.78 is 0. The lowest BCUT2D eigenvalue weighted by atomic mass is 9.97. The molecule has 2 aliphatic heterocycles. The molecule has 168 valence electrons. The van der Waals surface area contributed by atoms with Gasteiger partial charge >= 0.3 is 0 Å². The third-order valence-corrected chi connectivity index (χ3v) is 7.28. The fraction of sp³-hybridized carbons (Fsp3) is 0.462. The van der Waals surface area contributed by atoms with Gasteiger partial charge < -0.3 is 9.80 Å². The van der Waals surface area contributed by atoms with Crippen LogP contribution in [0.15, 0.2) is 43.1 Å². The monoisotopic (exact) mass is 449 g/mol. The number of aryl methyl sites for hydroxylation is 1. The molecular formula is C26H32ClN5. The van der Waals surface area contributed by atoms with Crippen LogP contribution >= 0.6 is 11.6 Å². The molecule has 4 rings (SSSR count). The van der Waals surface area contributed by atoms with E-state index < -0.39 is 0 Å². The lowest BCUT2D eigenvalue weighted by Crippen LogP contribution is -2.58. The van der Waals surface area contributed by atoms with Crippen molar-refractivity contribution in [2.24, 2.45) is 0 Å². The Morgan fingerprint density at radius 3 is 2.53 bits per heavy atom. The number of hydrogen-bond acceptors (Lipinski definition) is 5. The maximum atomic E-state index is 9.10. The largest absolute Gasteiger partial charge is 0.371 e. The third-order valence-electron chi connectivity index (χ3n) is 7.03. The predicted molar refractivity (Wildman–Crippen MR) is 132 cm³/mol. The van der Waals surface area contributed by atoms with Gasteiger partial charge in [0.25, 0.3) is 0 Å². The first kappa shape index (κ1) is 22.6. The smallest absolute Gasteiger partial charge is 0.140 e. The van der Waals surface area contributed by atoms with Crippen LogP contribution in [0.2, 0.25) is 5.02 Å². The van der Waals surface area contributed by atoms with Gasteiger partial charge in [-0.05, 0) is 55.5 Å². The van der Waals surface area contributed by atoms with Crippen LogP contribution in [0, 0.1) is 18.3 Å². The molecule has 0 spiro atoms. The fourth-order valence-electron chi connectivity index (χ4n) is 5.17. The molecule has 6 heteroatoms. The average molecular weight is 450 g/mol. The van der Waals surface area contributed by atoms with Crippen molar-refractivity contribution in [3.63, 3.8) is 0 Å². The van der Waals surface area contributed by atoms with E-state index in [-0.39, 0.29) is 0 Å². The van der Waals surface area contributed by atoms with Crippen LogP contribution in [0.4, 0.5) is 5.69 Å². The molecule has 1 aromatic carbocycles. The highest BCUT2D eigenvalue weighted by molar-refractivity contribution is 6.30. The number of nitrogens with zero attached hydrogens (tertiary/aromatic N) is 5. The Balaban J connectivity index is 1.36. The van der Waals surface area contributed by atoms with Gasteiger partial charge in [-0.25, -0.2) is 4.98 Å². The molecule has 3 heterocycles. The molecular weight excluding hydrogens is 418 g/mol. The van der Waals surface area contributed by atoms with Gasteiger partial charge in [0.15, 0.2) is 0 Å². The molecule has 0 radical (unpaired) electrons. The fourth-order valence-corrected chi connectivity index (χ4v) is 5.29. The summed E-state index contributed by atoms with van der Waals surface area (Å²) in [7, 11) is 0. The first-order chi connectivity index (χ1) is 15.5. The van der Waals surface area contributed by atoms with Crippen molar-refractivity contribution < 1.29 is 0 Å². The van der Waals surface area contributed by atoms with Crippen molar-refractivity contribution in [3.8, 4) is 6.07 Å². The average Bonchev–Trinajstić information content (AvgIpc) is 2.83. The number of rotatable bonds is 5. The molecule has 32 heavy (non-hydrogen) atoms. The summed E-state index contributed by atoms with van der Waals surface area (Å²) in [6, 6.07) is 13.2. The van der Waals surface area contributed by atoms with Crippen LogP contribution in [-0.4, -0.2) is 59.6 Å². The molecule has 5 nitrogen and oxygen atoms in total. The Hall–Kier alpha value is -2.55. The summed E-state index contributed by atoms with van der Waals surface area (Å²) in [6.45, 7) is 13.9. The molecule has 1 unspecified atom stereocenters. The normalized spacial score (nSPS) is 20.2. The van der Waals surface area contributed by atoms with Gasteiger partial charge in [0.1, 0.15) is 11.8 Å². The zero-order chi connectivity index (χ0) is 22.7. The summed E-state index contributed by atoms with van der Waals surface area (Å²) >= 11 is 6.04. The van der Waals surface area contributed by atoms with Crippen molar-refractivity contribution in [1.82, 2.24) is 14.8 Å². The SMILES string of the molecule is C=C(c1ccc(Cl)cc1)N1CCC(N2CCN(c3cnc(C#N)cc3C)CC2CC)CC1. The number of anilines is 1. The number of hydrogen-bond donors (Lipinski definition) is 0. The predicted octanol–water partition coefficient (Wildman–Crippen LogP) is 4.95. The highest BCUT2D eigenvalue weighted by Crippen LogP contribution is 2.30. The molecule has 0 bridgehead atoms. The highest BCUT2D eigenvalue weighted by Gasteiger charge is 2.33. The molecule has 0 amide bonds. The number of piperazine rings is 1. The minimum atomic E-state index is 0.490. The Labute approximate surface area is 196 Å². The van der Waals surface area contributed by atoms with E-state index in [9.17, 15) is 0 Å². The van der Waals surface area contributed by atoms with Crippen LogP contribution in [0.3, 0.4) is 0 Å². The standard InChI is InChI=1S/C26H32ClN5/c1-4-24-18-31(26-17-29-23(16-28)15-19(26)2)13-14-32(24)25-9-11-30(12-10-25)20(3)21-5-7-22(27)8-6-21/h5-8,15,17,24-25H,3-4,9-14,18H2,1-2H3. The van der Waals surface area contributed by atoms with Crippen molar-refractivity contribution in [1.29, 1.82) is 5.26 Å². The number of benzene rings is 1. The van der Waals surface area contributed by atoms with E-state index in [0.29, 0.717) is 17.8 Å². The number of likely N-dealkylation sites (tertiary alicyclic amines) is 1. The highest BCUT2D eigenvalue weighted by atomic mass is 35.5. The molecule has 0 aliphatic carbocycles. The number of piperidine rings is 1. The van der Waals surface area contributed by atoms with Crippen molar-refractivity contribution in [2.45, 2.75) is 45.2 Å². The third kappa shape index (κ3) is 4.77. The summed E-state index contributed by atoms with van der Waals surface area (Å²) in [5.74, 6) is 0. The van der Waals surface area contributed by atoms with Crippen LogP contribution in [0.1, 0.15) is 43.0 Å². The molecule has 2 aliphatic rings. The minimum absolute atomic E-state index is 0.490. The van der Waals surface area contributed by atoms with Crippen LogP contribution in [-0.2, 0) is 0 Å². The Kier molecular flexibility index (Phi) is 7.03. The topological polar surface area (TPSA) is 46.4 Å². The van der Waals surface area contributed by atoms with Gasteiger partial charge in [0.2, 0.25) is 0 Å². The van der Waals surface area contributed by atoms with Gasteiger partial charge in [0.05, 0.1) is 11.9 Å². The number of pyridine rings is 1. The summed E-state index contributed by atoms with van der Waals surface area (Å²) in [6.07, 6.45) is 5.34. The summed E-state index contributed by atoms with van der Waals surface area (Å²) in [4.78, 5) is 11.9. The van der Waals surface area contributed by atoms with Gasteiger partial charge in [-0.2, -0.15) is 5.26 Å². The molecule has 1 atom stereocenters. The second kappa shape index (κ2) is 9.94. The molecule has 2 fully saturated rings. The van der Waals surface area contributed by atoms with Crippen molar-refractivity contribution >= 4 is 23.0 Å². The maximum Gasteiger partial charge on any atom is 0.140 e. The molecule has 0 saturated carbocycles. The first-order valence-corrected chi connectivity index (χ1v) is 11.9. The quantitative estimate of drug-likeness (QED) is 0.646. The molecule has 1 aromatic heterocycles. The molecule has 2 aromatic rings. The van der Waals surface area contributed by atoms with E-state index in [4.69, 9.17) is 16.9 Å². The van der Waals surface area contributed by atoms with Crippen LogP contribution < -0.4 is 4.90 Å². The van der Waals surface area contributed by atoms with E-state index in [2.05, 4.69) is 58.3 Å². The van der Waals surface area contributed by atoms with Gasteiger partial charge in [-0.15, -0.1) is 0 Å². The lowest BCUT2D eigenvalue weighted by molar-refractivity contribution is 0.0769. The summed E-state index contributed by atoms with van der Waals surface area (Å²) in [5.41, 5.74) is 5.04. The maximum absolute atomic E-state index is 9.10. The van der Waals surface area contributed by atoms with E-state index in [1.165, 1.54) is 12.8 Å². The van der Waals surface area contributed by atoms with Gasteiger partial charge in [-0.1, -0.05) is 37.2 Å². The second-order valence-electron chi connectivity index (χ2n) is 8.89. The zero-order valence-electron chi connectivity index (χ0n) is 19.1. The van der Waals surface area contributed by atoms with Gasteiger partial charge in [-0.3, -0.25) is 4.90 Å². The number of aromatic nitrogens is 1. The minimum Gasteiger partial charge on any atom is -0.371 e. The Morgan fingerprint density at radius 1 is 1.19 bits per heavy atom. The van der Waals surface area contributed by atoms with Crippen LogP contribution in [0.5, 0.6) is 0 Å². The van der Waals surface area contributed by atoms with Gasteiger partial charge in [0, 0.05) is 55.5 Å². The molecule has 2 saturated heterocycles. The Morgan fingerprint density at radius 2 is 1.91 bits per heavy atom. The molecule has 0 N–H and O–H groups in total. The summed E-state index contributed by atoms with van der Waals surface area (Å²) in [5, 5.41) is 9.87. The lowest BCUT2D eigenvalue weighted by Gasteiger charge is -2.48. The van der Waals surface area contributed by atoms with E-state index >= 15 is 0 Å². The number of nitriles is 1. The first-order valence-electron chi connectivity index (χ1n) is 11.6. The van der Waals surface area contributed by atoms with E-state index in [0.717, 1.165) is 66.7 Å². The van der Waals surface area contributed by atoms with E-state index in [1.807, 2.05) is 24.4 Å². The van der Waals surface area contributed by atoms with Crippen LogP contribution in [0.25, 0.3) is 5.70 Å². The van der Waals surface area contributed by atoms with E-state index in [1.54, 1.807) is 0 Å². The van der Waals surface area contributed by atoms with Crippen molar-refractivity contribution in [2.75, 3.05) is 37.6 Å². The zero-order valence-corrected chi connectivity index (χ0v) is 19.9. The number of halogens is 1. The second-order valence-corrected chi connectivity index (χ2v) is 9.32. The Bertz CT molecular complexity index is 988.